The minimum absolute atomic E-state index is 0.0986. The van der Waals surface area contributed by atoms with Gasteiger partial charge in [0, 0.05) is 14.2 Å². The number of hydrogen-bond acceptors (Lipinski definition) is 5. The second kappa shape index (κ2) is 6.88. The third-order valence-electron chi connectivity index (χ3n) is 2.79. The third-order valence-corrected chi connectivity index (χ3v) is 2.79. The van der Waals surface area contributed by atoms with E-state index in [-0.39, 0.29) is 13.6 Å². The number of hydrogen-bond donors (Lipinski definition) is 0. The number of ether oxygens (including phenoxy) is 4. The molecule has 0 aromatic heterocycles. The van der Waals surface area contributed by atoms with Crippen LogP contribution in [0, 0.1) is 0 Å². The molecule has 0 spiro atoms. The van der Waals surface area contributed by atoms with Crippen molar-refractivity contribution in [2.75, 3.05) is 27.8 Å². The highest BCUT2D eigenvalue weighted by molar-refractivity contribution is 6.01. The highest BCUT2D eigenvalue weighted by atomic mass is 16.7. The summed E-state index contributed by atoms with van der Waals surface area (Å²) in [5, 5.41) is 1.70. The second-order valence-electron chi connectivity index (χ2n) is 4.08. The number of rotatable bonds is 7. The first-order valence-electron chi connectivity index (χ1n) is 6.05. The Morgan fingerprint density at radius 2 is 1.75 bits per heavy atom. The predicted octanol–water partition coefficient (Wildman–Crippen LogP) is 2.62. The molecule has 0 radical (unpaired) electrons. The number of methoxy groups -OCH3 is 2. The minimum atomic E-state index is 0.0986. The lowest BCUT2D eigenvalue weighted by Gasteiger charge is -2.11. The first-order chi connectivity index (χ1) is 9.80. The SMILES string of the molecule is COCOc1ccc2c(C=O)c(OCOC)ccc2c1. The summed E-state index contributed by atoms with van der Waals surface area (Å²) in [5.41, 5.74) is 0.498. The molecule has 106 valence electrons. The maximum absolute atomic E-state index is 11.3. The molecule has 0 atom stereocenters. The molecule has 20 heavy (non-hydrogen) atoms. The smallest absolute Gasteiger partial charge is 0.188 e. The van der Waals surface area contributed by atoms with Crippen LogP contribution >= 0.6 is 0 Å². The molecular formula is C15H16O5. The fourth-order valence-corrected chi connectivity index (χ4v) is 1.90. The quantitative estimate of drug-likeness (QED) is 0.574. The molecule has 2 rings (SSSR count). The van der Waals surface area contributed by atoms with E-state index in [9.17, 15) is 4.79 Å². The van der Waals surface area contributed by atoms with Gasteiger partial charge >= 0.3 is 0 Å². The van der Waals surface area contributed by atoms with E-state index in [2.05, 4.69) is 0 Å². The number of aldehydes is 1. The van der Waals surface area contributed by atoms with Crippen LogP contribution in [0.1, 0.15) is 10.4 Å². The van der Waals surface area contributed by atoms with Gasteiger partial charge in [-0.25, -0.2) is 0 Å². The van der Waals surface area contributed by atoms with Crippen LogP contribution in [0.25, 0.3) is 10.8 Å². The standard InChI is InChI=1S/C15H16O5/c1-17-9-19-12-4-5-13-11(7-12)3-6-15(14(13)8-16)20-10-18-2/h3-8H,9-10H2,1-2H3. The van der Waals surface area contributed by atoms with Crippen molar-refractivity contribution >= 4 is 17.1 Å². The Morgan fingerprint density at radius 3 is 2.45 bits per heavy atom. The molecule has 2 aromatic carbocycles. The molecule has 0 heterocycles. The molecule has 2 aromatic rings. The maximum Gasteiger partial charge on any atom is 0.188 e. The Balaban J connectivity index is 2.39. The summed E-state index contributed by atoms with van der Waals surface area (Å²) in [5.74, 6) is 1.18. The van der Waals surface area contributed by atoms with E-state index < -0.39 is 0 Å². The van der Waals surface area contributed by atoms with Crippen molar-refractivity contribution in [2.24, 2.45) is 0 Å². The van der Waals surface area contributed by atoms with E-state index in [0.717, 1.165) is 17.1 Å². The Labute approximate surface area is 117 Å². The number of benzene rings is 2. The molecular weight excluding hydrogens is 260 g/mol. The van der Waals surface area contributed by atoms with Crippen molar-refractivity contribution < 1.29 is 23.7 Å². The molecule has 5 nitrogen and oxygen atoms in total. The van der Waals surface area contributed by atoms with E-state index in [1.165, 1.54) is 7.11 Å². The largest absolute Gasteiger partial charge is 0.468 e. The molecule has 0 unspecified atom stereocenters. The zero-order chi connectivity index (χ0) is 14.4. The Kier molecular flexibility index (Phi) is 4.92. The topological polar surface area (TPSA) is 54.0 Å². The normalized spacial score (nSPS) is 10.5. The molecule has 0 aliphatic rings. The maximum atomic E-state index is 11.3. The highest BCUT2D eigenvalue weighted by Gasteiger charge is 2.09. The van der Waals surface area contributed by atoms with Gasteiger partial charge in [0.05, 0.1) is 5.56 Å². The Hall–Kier alpha value is -2.11. The zero-order valence-electron chi connectivity index (χ0n) is 11.4. The highest BCUT2D eigenvalue weighted by Crippen LogP contribution is 2.29. The lowest BCUT2D eigenvalue weighted by Crippen LogP contribution is -2.02. The van der Waals surface area contributed by atoms with Gasteiger partial charge < -0.3 is 18.9 Å². The Bertz CT molecular complexity index is 594. The van der Waals surface area contributed by atoms with Crippen molar-refractivity contribution in [3.63, 3.8) is 0 Å². The van der Waals surface area contributed by atoms with Gasteiger partial charge in [-0.2, -0.15) is 0 Å². The number of carbonyl (C=O) groups excluding carboxylic acids is 1. The van der Waals surface area contributed by atoms with E-state index in [4.69, 9.17) is 18.9 Å². The van der Waals surface area contributed by atoms with Gasteiger partial charge in [-0.3, -0.25) is 4.79 Å². The van der Waals surface area contributed by atoms with E-state index in [1.807, 2.05) is 18.2 Å². The van der Waals surface area contributed by atoms with Crippen molar-refractivity contribution in [1.82, 2.24) is 0 Å². The summed E-state index contributed by atoms with van der Waals surface area (Å²) >= 11 is 0. The van der Waals surface area contributed by atoms with Crippen molar-refractivity contribution in [3.05, 3.63) is 35.9 Å². The minimum Gasteiger partial charge on any atom is -0.468 e. The van der Waals surface area contributed by atoms with Gasteiger partial charge in [0.15, 0.2) is 19.9 Å². The predicted molar refractivity (Wildman–Crippen MR) is 74.3 cm³/mol. The molecule has 0 saturated carbocycles. The zero-order valence-corrected chi connectivity index (χ0v) is 11.4. The second-order valence-corrected chi connectivity index (χ2v) is 4.08. The van der Waals surface area contributed by atoms with Gasteiger partial charge in [0.1, 0.15) is 11.5 Å². The molecule has 0 amide bonds. The monoisotopic (exact) mass is 276 g/mol. The van der Waals surface area contributed by atoms with Crippen LogP contribution in [-0.4, -0.2) is 34.1 Å². The number of fused-ring (bicyclic) bond motifs is 1. The lowest BCUT2D eigenvalue weighted by molar-refractivity contribution is 0.0504. The van der Waals surface area contributed by atoms with Crippen LogP contribution in [0.3, 0.4) is 0 Å². The van der Waals surface area contributed by atoms with E-state index in [1.54, 1.807) is 19.2 Å². The summed E-state index contributed by atoms with van der Waals surface area (Å²) in [6, 6.07) is 9.07. The summed E-state index contributed by atoms with van der Waals surface area (Å²) in [4.78, 5) is 11.3. The van der Waals surface area contributed by atoms with Crippen molar-refractivity contribution in [2.45, 2.75) is 0 Å². The average molecular weight is 276 g/mol. The molecule has 0 bridgehead atoms. The lowest BCUT2D eigenvalue weighted by atomic mass is 10.0. The fraction of sp³-hybridized carbons (Fsp3) is 0.267. The van der Waals surface area contributed by atoms with Crippen LogP contribution in [-0.2, 0) is 9.47 Å². The van der Waals surface area contributed by atoms with Gasteiger partial charge in [-0.1, -0.05) is 6.07 Å². The third kappa shape index (κ3) is 3.07. The molecule has 0 aliphatic heterocycles. The molecule has 0 aliphatic carbocycles. The molecule has 5 heteroatoms. The first kappa shape index (κ1) is 14.3. The fourth-order valence-electron chi connectivity index (χ4n) is 1.90. The van der Waals surface area contributed by atoms with Crippen LogP contribution in [0.5, 0.6) is 11.5 Å². The molecule has 0 N–H and O–H groups in total. The summed E-state index contributed by atoms with van der Waals surface area (Å²) < 4.78 is 20.4. The van der Waals surface area contributed by atoms with Crippen LogP contribution in [0.15, 0.2) is 30.3 Å². The average Bonchev–Trinajstić information content (AvgIpc) is 2.49. The molecule has 0 fully saturated rings. The van der Waals surface area contributed by atoms with Gasteiger partial charge in [-0.15, -0.1) is 0 Å². The van der Waals surface area contributed by atoms with Crippen LogP contribution < -0.4 is 9.47 Å². The van der Waals surface area contributed by atoms with Gasteiger partial charge in [0.2, 0.25) is 0 Å². The van der Waals surface area contributed by atoms with Gasteiger partial charge in [-0.05, 0) is 35.0 Å². The summed E-state index contributed by atoms with van der Waals surface area (Å²) in [7, 11) is 3.09. The van der Waals surface area contributed by atoms with Gasteiger partial charge in [0.25, 0.3) is 0 Å². The van der Waals surface area contributed by atoms with Crippen molar-refractivity contribution in [1.29, 1.82) is 0 Å². The van der Waals surface area contributed by atoms with Crippen LogP contribution in [0.4, 0.5) is 0 Å². The summed E-state index contributed by atoms with van der Waals surface area (Å²) in [6.07, 6.45) is 0.781. The van der Waals surface area contributed by atoms with Crippen molar-refractivity contribution in [3.8, 4) is 11.5 Å². The van der Waals surface area contributed by atoms with Crippen LogP contribution in [0.2, 0.25) is 0 Å². The first-order valence-corrected chi connectivity index (χ1v) is 6.05. The summed E-state index contributed by atoms with van der Waals surface area (Å²) in [6.45, 7) is 0.280. The van der Waals surface area contributed by atoms with E-state index in [0.29, 0.717) is 17.1 Å². The Morgan fingerprint density at radius 1 is 1.00 bits per heavy atom. The van der Waals surface area contributed by atoms with E-state index >= 15 is 0 Å². The molecule has 0 saturated heterocycles. The number of carbonyl (C=O) groups is 1.